The molecule has 2 aliphatic heterocycles. The number of piperazine rings is 1. The molecule has 4 unspecified atom stereocenters. The Hall–Kier alpha value is -2.16. The van der Waals surface area contributed by atoms with E-state index in [1.807, 2.05) is 18.2 Å². The van der Waals surface area contributed by atoms with Crippen LogP contribution in [0.5, 0.6) is 0 Å². The zero-order chi connectivity index (χ0) is 20.4. The fraction of sp³-hybridized carbons (Fsp3) is 0.619. The zero-order valence-corrected chi connectivity index (χ0v) is 16.4. The lowest BCUT2D eigenvalue weighted by Gasteiger charge is -2.36. The molecular formula is C21H29N3O5. The maximum Gasteiger partial charge on any atom is 0.225 e. The van der Waals surface area contributed by atoms with Crippen LogP contribution in [0.2, 0.25) is 0 Å². The molecule has 4 atom stereocenters. The van der Waals surface area contributed by atoms with Crippen molar-refractivity contribution in [1.29, 1.82) is 0 Å². The SMILES string of the molecule is O=C(NCC1OC(CC(=O)N2CCN(c3ccccc3)CC2)C(O)C1O)C1CC1. The highest BCUT2D eigenvalue weighted by atomic mass is 16.5. The molecule has 1 aromatic carbocycles. The van der Waals surface area contributed by atoms with Crippen LogP contribution in [0.4, 0.5) is 5.69 Å². The first-order valence-electron chi connectivity index (χ1n) is 10.4. The van der Waals surface area contributed by atoms with Gasteiger partial charge in [-0.25, -0.2) is 0 Å². The molecule has 4 rings (SSSR count). The van der Waals surface area contributed by atoms with E-state index in [2.05, 4.69) is 22.3 Å². The molecule has 8 heteroatoms. The van der Waals surface area contributed by atoms with Crippen LogP contribution in [-0.4, -0.2) is 84.1 Å². The number of ether oxygens (including phenoxy) is 1. The van der Waals surface area contributed by atoms with Crippen LogP contribution < -0.4 is 10.2 Å². The molecule has 2 amide bonds. The largest absolute Gasteiger partial charge is 0.388 e. The molecule has 8 nitrogen and oxygen atoms in total. The number of amides is 2. The highest BCUT2D eigenvalue weighted by Gasteiger charge is 2.44. The van der Waals surface area contributed by atoms with Crippen LogP contribution in [0.3, 0.4) is 0 Å². The third kappa shape index (κ3) is 4.71. The second kappa shape index (κ2) is 8.69. The lowest BCUT2D eigenvalue weighted by Crippen LogP contribution is -2.49. The van der Waals surface area contributed by atoms with E-state index in [1.165, 1.54) is 0 Å². The van der Waals surface area contributed by atoms with Gasteiger partial charge in [0.2, 0.25) is 11.8 Å². The molecule has 29 heavy (non-hydrogen) atoms. The second-order valence-corrected chi connectivity index (χ2v) is 8.12. The molecule has 1 saturated carbocycles. The van der Waals surface area contributed by atoms with Crippen molar-refractivity contribution in [2.24, 2.45) is 5.92 Å². The number of nitrogens with one attached hydrogen (secondary N) is 1. The molecule has 0 aromatic heterocycles. The van der Waals surface area contributed by atoms with E-state index >= 15 is 0 Å². The minimum Gasteiger partial charge on any atom is -0.388 e. The van der Waals surface area contributed by atoms with Gasteiger partial charge in [-0.05, 0) is 25.0 Å². The number of para-hydroxylation sites is 1. The molecule has 158 valence electrons. The summed E-state index contributed by atoms with van der Waals surface area (Å²) >= 11 is 0. The van der Waals surface area contributed by atoms with Crippen molar-refractivity contribution in [3.8, 4) is 0 Å². The van der Waals surface area contributed by atoms with Crippen molar-refractivity contribution >= 4 is 17.5 Å². The minimum absolute atomic E-state index is 0.0244. The zero-order valence-electron chi connectivity index (χ0n) is 16.4. The number of rotatable bonds is 6. The Bertz CT molecular complexity index is 718. The van der Waals surface area contributed by atoms with Crippen molar-refractivity contribution < 1.29 is 24.5 Å². The smallest absolute Gasteiger partial charge is 0.225 e. The average Bonchev–Trinajstić information content (AvgIpc) is 3.57. The standard InChI is InChI=1S/C21H29N3O5/c25-18(24-10-8-23(9-11-24)15-4-2-1-3-5-15)12-16-19(26)20(27)17(29-16)13-22-21(28)14-6-7-14/h1-5,14,16-17,19-20,26-27H,6-13H2,(H,22,28). The quantitative estimate of drug-likeness (QED) is 0.605. The number of hydrogen-bond donors (Lipinski definition) is 3. The summed E-state index contributed by atoms with van der Waals surface area (Å²) in [6, 6.07) is 10.1. The van der Waals surface area contributed by atoms with Gasteiger partial charge in [0, 0.05) is 44.3 Å². The number of benzene rings is 1. The molecule has 3 N–H and O–H groups in total. The van der Waals surface area contributed by atoms with Crippen LogP contribution in [0.25, 0.3) is 0 Å². The summed E-state index contributed by atoms with van der Waals surface area (Å²) < 4.78 is 5.72. The second-order valence-electron chi connectivity index (χ2n) is 8.12. The molecule has 3 aliphatic rings. The predicted molar refractivity (Wildman–Crippen MR) is 106 cm³/mol. The monoisotopic (exact) mass is 403 g/mol. The van der Waals surface area contributed by atoms with E-state index in [9.17, 15) is 19.8 Å². The van der Waals surface area contributed by atoms with Crippen LogP contribution in [0.15, 0.2) is 30.3 Å². The van der Waals surface area contributed by atoms with Gasteiger partial charge in [-0.15, -0.1) is 0 Å². The van der Waals surface area contributed by atoms with Crippen molar-refractivity contribution in [2.45, 2.75) is 43.7 Å². The molecule has 1 aromatic rings. The molecule has 2 saturated heterocycles. The van der Waals surface area contributed by atoms with E-state index in [-0.39, 0.29) is 30.7 Å². The molecular weight excluding hydrogens is 374 g/mol. The van der Waals surface area contributed by atoms with E-state index in [0.717, 1.165) is 31.6 Å². The Kier molecular flexibility index (Phi) is 6.03. The number of aliphatic hydroxyl groups excluding tert-OH is 2. The highest BCUT2D eigenvalue weighted by Crippen LogP contribution is 2.29. The third-order valence-electron chi connectivity index (χ3n) is 6.02. The summed E-state index contributed by atoms with van der Waals surface area (Å²) in [6.45, 7) is 2.87. The van der Waals surface area contributed by atoms with E-state index in [4.69, 9.17) is 4.74 Å². The first kappa shape index (κ1) is 20.1. The molecule has 3 fully saturated rings. The maximum absolute atomic E-state index is 12.7. The van der Waals surface area contributed by atoms with Gasteiger partial charge in [0.25, 0.3) is 0 Å². The summed E-state index contributed by atoms with van der Waals surface area (Å²) in [6.07, 6.45) is -1.87. The van der Waals surface area contributed by atoms with Gasteiger partial charge in [-0.3, -0.25) is 9.59 Å². The van der Waals surface area contributed by atoms with Crippen molar-refractivity contribution in [3.63, 3.8) is 0 Å². The Morgan fingerprint density at radius 1 is 1.00 bits per heavy atom. The van der Waals surface area contributed by atoms with Crippen molar-refractivity contribution in [3.05, 3.63) is 30.3 Å². The third-order valence-corrected chi connectivity index (χ3v) is 6.02. The van der Waals surface area contributed by atoms with Gasteiger partial charge >= 0.3 is 0 Å². The lowest BCUT2D eigenvalue weighted by molar-refractivity contribution is -0.135. The topological polar surface area (TPSA) is 102 Å². The Morgan fingerprint density at radius 3 is 2.31 bits per heavy atom. The van der Waals surface area contributed by atoms with Gasteiger partial charge in [-0.1, -0.05) is 18.2 Å². The van der Waals surface area contributed by atoms with Gasteiger partial charge in [0.1, 0.15) is 18.3 Å². The molecule has 0 radical (unpaired) electrons. The maximum atomic E-state index is 12.7. The van der Waals surface area contributed by atoms with Gasteiger partial charge in [0.15, 0.2) is 0 Å². The Balaban J connectivity index is 1.24. The summed E-state index contributed by atoms with van der Waals surface area (Å²) in [5, 5.41) is 23.3. The number of carbonyl (C=O) groups is 2. The Morgan fingerprint density at radius 2 is 1.66 bits per heavy atom. The van der Waals surface area contributed by atoms with E-state index in [1.54, 1.807) is 4.90 Å². The minimum atomic E-state index is -1.13. The van der Waals surface area contributed by atoms with Crippen LogP contribution in [0.1, 0.15) is 19.3 Å². The average molecular weight is 403 g/mol. The summed E-state index contributed by atoms with van der Waals surface area (Å²) in [4.78, 5) is 28.5. The number of anilines is 1. The predicted octanol–water partition coefficient (Wildman–Crippen LogP) is -0.259. The normalized spacial score (nSPS) is 29.7. The fourth-order valence-corrected chi connectivity index (χ4v) is 4.01. The number of aliphatic hydroxyl groups is 2. The number of carbonyl (C=O) groups excluding carboxylic acids is 2. The van der Waals surface area contributed by atoms with Crippen molar-refractivity contribution in [1.82, 2.24) is 10.2 Å². The van der Waals surface area contributed by atoms with Crippen LogP contribution in [-0.2, 0) is 14.3 Å². The van der Waals surface area contributed by atoms with Crippen molar-refractivity contribution in [2.75, 3.05) is 37.6 Å². The number of hydrogen-bond acceptors (Lipinski definition) is 6. The van der Waals surface area contributed by atoms with E-state index in [0.29, 0.717) is 13.1 Å². The number of nitrogens with zero attached hydrogens (tertiary/aromatic N) is 2. The summed E-state index contributed by atoms with van der Waals surface area (Å²) in [5.41, 5.74) is 1.15. The molecule has 0 bridgehead atoms. The van der Waals surface area contributed by atoms with Gasteiger partial charge < -0.3 is 30.1 Å². The Labute approximate surface area is 170 Å². The molecule has 0 spiro atoms. The van der Waals surface area contributed by atoms with E-state index < -0.39 is 24.4 Å². The summed E-state index contributed by atoms with van der Waals surface area (Å²) in [7, 11) is 0. The van der Waals surface area contributed by atoms with Gasteiger partial charge in [-0.2, -0.15) is 0 Å². The summed E-state index contributed by atoms with van der Waals surface area (Å²) in [5.74, 6) is -0.0480. The first-order valence-corrected chi connectivity index (χ1v) is 10.4. The molecule has 2 heterocycles. The fourth-order valence-electron chi connectivity index (χ4n) is 4.01. The van der Waals surface area contributed by atoms with Crippen LogP contribution >= 0.6 is 0 Å². The molecule has 1 aliphatic carbocycles. The van der Waals surface area contributed by atoms with Crippen LogP contribution in [0, 0.1) is 5.92 Å². The lowest BCUT2D eigenvalue weighted by atomic mass is 10.0. The highest BCUT2D eigenvalue weighted by molar-refractivity contribution is 5.80. The van der Waals surface area contributed by atoms with Gasteiger partial charge in [0.05, 0.1) is 12.5 Å². The first-order chi connectivity index (χ1) is 14.0.